The minimum Gasteiger partial charge on any atom is -0.331 e. The van der Waals surface area contributed by atoms with E-state index in [4.69, 9.17) is 0 Å². The van der Waals surface area contributed by atoms with E-state index in [2.05, 4.69) is 28.1 Å². The van der Waals surface area contributed by atoms with Crippen LogP contribution < -0.4 is 0 Å². The average molecular weight is 140 g/mol. The highest BCUT2D eigenvalue weighted by Crippen LogP contribution is 1.90. The Morgan fingerprint density at radius 3 is 1.50 bits per heavy atom. The fraction of sp³-hybridized carbons (Fsp3) is 1.00. The van der Waals surface area contributed by atoms with Gasteiger partial charge >= 0.3 is 0 Å². The molecule has 0 N–H and O–H groups in total. The molecule has 0 aromatic heterocycles. The van der Waals surface area contributed by atoms with Crippen molar-refractivity contribution in [1.29, 1.82) is 0 Å². The molecule has 0 saturated carbocycles. The van der Waals surface area contributed by atoms with Crippen LogP contribution in [0.15, 0.2) is 0 Å². The van der Waals surface area contributed by atoms with Crippen LogP contribution in [0, 0.1) is 12.4 Å². The zero-order valence-electron chi connectivity index (χ0n) is 6.31. The number of quaternary nitrogens is 1. The summed E-state index contributed by atoms with van der Waals surface area (Å²) in [4.78, 5) is 0. The monoisotopic (exact) mass is 139 g/mol. The molecule has 0 aliphatic rings. The molecule has 52 valence electrons. The highest BCUT2D eigenvalue weighted by atomic mass is 35.5. The van der Waals surface area contributed by atoms with Gasteiger partial charge in [0, 0.05) is 0 Å². The van der Waals surface area contributed by atoms with E-state index in [9.17, 15) is 0 Å². The summed E-state index contributed by atoms with van der Waals surface area (Å²) in [5, 5.41) is 0. The molecule has 0 heterocycles. The van der Waals surface area contributed by atoms with Gasteiger partial charge in [0.15, 0.2) is 0 Å². The van der Waals surface area contributed by atoms with Crippen molar-refractivity contribution in [3.8, 4) is 0 Å². The molecule has 8 heavy (non-hydrogen) atoms. The SMILES string of the molecule is CCC[N+](C)(C)C.[ClH2+]. The van der Waals surface area contributed by atoms with Gasteiger partial charge in [-0.25, -0.2) is 0 Å². The lowest BCUT2D eigenvalue weighted by molar-refractivity contribution is -0.870. The Hall–Kier alpha value is 0.250. The summed E-state index contributed by atoms with van der Waals surface area (Å²) in [5.74, 6) is 0. The van der Waals surface area contributed by atoms with E-state index in [1.165, 1.54) is 13.0 Å². The van der Waals surface area contributed by atoms with Gasteiger partial charge in [0.2, 0.25) is 0 Å². The normalized spacial score (nSPS) is 10.5. The van der Waals surface area contributed by atoms with Crippen molar-refractivity contribution < 1.29 is 16.9 Å². The Balaban J connectivity index is 0. The molecular formula is C6H18ClN+2. The quantitative estimate of drug-likeness (QED) is 0.491. The van der Waals surface area contributed by atoms with Gasteiger partial charge in [-0.2, -0.15) is 0 Å². The maximum atomic E-state index is 2.21. The first-order chi connectivity index (χ1) is 3.06. The highest BCUT2D eigenvalue weighted by Gasteiger charge is 2.01. The lowest BCUT2D eigenvalue weighted by Gasteiger charge is -2.22. The Kier molecular flexibility index (Phi) is 5.77. The fourth-order valence-corrected chi connectivity index (χ4v) is 0.671. The molecule has 0 aliphatic carbocycles. The molecule has 0 radical (unpaired) electrons. The van der Waals surface area contributed by atoms with Gasteiger partial charge in [0.05, 0.1) is 40.1 Å². The van der Waals surface area contributed by atoms with Crippen LogP contribution in [0.2, 0.25) is 0 Å². The summed E-state index contributed by atoms with van der Waals surface area (Å²) in [6.45, 7) is 3.49. The first-order valence-electron chi connectivity index (χ1n) is 2.86. The molecule has 0 unspecified atom stereocenters. The minimum absolute atomic E-state index is 0. The predicted octanol–water partition coefficient (Wildman–Crippen LogP) is 0.567. The van der Waals surface area contributed by atoms with Crippen LogP contribution >= 0.6 is 0 Å². The van der Waals surface area contributed by atoms with Crippen molar-refractivity contribution in [1.82, 2.24) is 0 Å². The van der Waals surface area contributed by atoms with Gasteiger partial charge in [0.1, 0.15) is 0 Å². The lowest BCUT2D eigenvalue weighted by atomic mass is 10.4. The molecular weight excluding hydrogens is 122 g/mol. The van der Waals surface area contributed by atoms with Crippen LogP contribution in [0.3, 0.4) is 0 Å². The van der Waals surface area contributed by atoms with E-state index in [0.717, 1.165) is 4.48 Å². The van der Waals surface area contributed by atoms with Gasteiger partial charge in [-0.3, -0.25) is 0 Å². The van der Waals surface area contributed by atoms with Gasteiger partial charge < -0.3 is 4.48 Å². The minimum atomic E-state index is 0. The van der Waals surface area contributed by atoms with Crippen LogP contribution in [0.5, 0.6) is 0 Å². The maximum Gasteiger partial charge on any atom is 0.0903 e. The summed E-state index contributed by atoms with van der Waals surface area (Å²) >= 11 is 0. The van der Waals surface area contributed by atoms with Gasteiger partial charge in [0.25, 0.3) is 0 Å². The number of rotatable bonds is 2. The summed E-state index contributed by atoms with van der Waals surface area (Å²) in [5.41, 5.74) is 0. The molecule has 0 aromatic carbocycles. The molecule has 0 atom stereocenters. The first-order valence-corrected chi connectivity index (χ1v) is 2.86. The van der Waals surface area contributed by atoms with Crippen LogP contribution in [-0.4, -0.2) is 32.2 Å². The molecule has 0 aliphatic heterocycles. The van der Waals surface area contributed by atoms with E-state index in [1.807, 2.05) is 0 Å². The zero-order chi connectivity index (χ0) is 5.91. The average Bonchev–Trinajstić information content (AvgIpc) is 1.30. The second kappa shape index (κ2) is 4.16. The number of hydrogen-bond donors (Lipinski definition) is 0. The molecule has 0 aromatic rings. The van der Waals surface area contributed by atoms with E-state index >= 15 is 0 Å². The van der Waals surface area contributed by atoms with Crippen molar-refractivity contribution in [2.75, 3.05) is 27.7 Å². The molecule has 0 bridgehead atoms. The standard InChI is InChI=1S/C6H16N.ClH2/c1-5-6-7(2,3)4;/h5-6H2,1-4H3;1H2/q2*+1. The van der Waals surface area contributed by atoms with Gasteiger partial charge in [-0.05, 0) is 6.42 Å². The third-order valence-corrected chi connectivity index (χ3v) is 0.894. The summed E-state index contributed by atoms with van der Waals surface area (Å²) in [7, 11) is 6.64. The second-order valence-corrected chi connectivity index (χ2v) is 3.01. The van der Waals surface area contributed by atoms with Crippen LogP contribution in [-0.2, 0) is 0 Å². The lowest BCUT2D eigenvalue weighted by Crippen LogP contribution is -2.34. The Labute approximate surface area is 58.7 Å². The molecule has 0 saturated heterocycles. The van der Waals surface area contributed by atoms with E-state index in [0.29, 0.717) is 0 Å². The third-order valence-electron chi connectivity index (χ3n) is 0.894. The van der Waals surface area contributed by atoms with Crippen molar-refractivity contribution in [3.63, 3.8) is 0 Å². The molecule has 0 rings (SSSR count). The summed E-state index contributed by atoms with van der Waals surface area (Å²) < 4.78 is 1.09. The van der Waals surface area contributed by atoms with E-state index in [-0.39, 0.29) is 12.4 Å². The number of hydrogen-bond acceptors (Lipinski definition) is 0. The summed E-state index contributed by atoms with van der Waals surface area (Å²) in [6, 6.07) is 0. The topological polar surface area (TPSA) is 0 Å². The van der Waals surface area contributed by atoms with E-state index in [1.54, 1.807) is 0 Å². The smallest absolute Gasteiger partial charge is 0.0903 e. The Morgan fingerprint density at radius 1 is 1.12 bits per heavy atom. The zero-order valence-corrected chi connectivity index (χ0v) is 7.20. The molecule has 0 spiro atoms. The van der Waals surface area contributed by atoms with Crippen molar-refractivity contribution in [3.05, 3.63) is 0 Å². The second-order valence-electron chi connectivity index (χ2n) is 3.01. The van der Waals surface area contributed by atoms with Crippen LogP contribution in [0.4, 0.5) is 0 Å². The largest absolute Gasteiger partial charge is 0.331 e. The highest BCUT2D eigenvalue weighted by molar-refractivity contribution is 4.20. The fourth-order valence-electron chi connectivity index (χ4n) is 0.671. The molecule has 2 heteroatoms. The van der Waals surface area contributed by atoms with Gasteiger partial charge in [-0.1, -0.05) is 6.92 Å². The van der Waals surface area contributed by atoms with E-state index < -0.39 is 0 Å². The van der Waals surface area contributed by atoms with Crippen LogP contribution in [0.25, 0.3) is 0 Å². The predicted molar refractivity (Wildman–Crippen MR) is 36.0 cm³/mol. The molecule has 0 amide bonds. The number of nitrogens with zero attached hydrogens (tertiary/aromatic N) is 1. The van der Waals surface area contributed by atoms with Gasteiger partial charge in [-0.15, -0.1) is 0 Å². The molecule has 0 fully saturated rings. The van der Waals surface area contributed by atoms with Crippen LogP contribution in [0.1, 0.15) is 13.3 Å². The summed E-state index contributed by atoms with van der Waals surface area (Å²) in [6.07, 6.45) is 1.28. The van der Waals surface area contributed by atoms with Crippen molar-refractivity contribution >= 4 is 0 Å². The Morgan fingerprint density at radius 2 is 1.50 bits per heavy atom. The maximum absolute atomic E-state index is 2.21. The first kappa shape index (κ1) is 11.1. The molecule has 1 nitrogen and oxygen atoms in total. The van der Waals surface area contributed by atoms with Crippen molar-refractivity contribution in [2.45, 2.75) is 13.3 Å². The Bertz CT molecular complexity index is 47.0. The van der Waals surface area contributed by atoms with Crippen molar-refractivity contribution in [2.24, 2.45) is 0 Å². The third kappa shape index (κ3) is 9.54. The number of halogens is 1.